The molecule has 0 fully saturated rings. The van der Waals surface area contributed by atoms with E-state index in [0.29, 0.717) is 40.8 Å². The van der Waals surface area contributed by atoms with Crippen molar-refractivity contribution in [3.8, 4) is 12.3 Å². The number of amides is 1. The zero-order valence-corrected chi connectivity index (χ0v) is 15.5. The molecule has 2 heterocycles. The average molecular weight is 410 g/mol. The minimum Gasteiger partial charge on any atom is -0.374 e. The summed E-state index contributed by atoms with van der Waals surface area (Å²) in [5.74, 6) is 1.53. The van der Waals surface area contributed by atoms with Crippen molar-refractivity contribution in [3.05, 3.63) is 29.3 Å². The van der Waals surface area contributed by atoms with Crippen molar-refractivity contribution in [2.45, 2.75) is 43.1 Å². The second kappa shape index (κ2) is 7.48. The van der Waals surface area contributed by atoms with E-state index in [9.17, 15) is 23.1 Å². The quantitative estimate of drug-likeness (QED) is 0.653. The van der Waals surface area contributed by atoms with Gasteiger partial charge in [-0.05, 0) is 12.1 Å². The number of alkyl halides is 3. The van der Waals surface area contributed by atoms with Gasteiger partial charge >= 0.3 is 6.18 Å². The number of terminal acetylenes is 1. The molecule has 2 N–H and O–H groups in total. The number of nitrogens with zero attached hydrogens (tertiary/aromatic N) is 3. The Hall–Kier alpha value is -2.51. The summed E-state index contributed by atoms with van der Waals surface area (Å²) in [4.78, 5) is 16.0. The molecule has 0 saturated carbocycles. The van der Waals surface area contributed by atoms with Gasteiger partial charge in [-0.3, -0.25) is 4.79 Å². The predicted molar refractivity (Wildman–Crippen MR) is 97.5 cm³/mol. The monoisotopic (exact) mass is 410 g/mol. The van der Waals surface area contributed by atoms with Gasteiger partial charge in [-0.1, -0.05) is 12.1 Å². The topological polar surface area (TPSA) is 86.9 Å². The lowest BCUT2D eigenvalue weighted by molar-refractivity contribution is -0.267. The van der Waals surface area contributed by atoms with Gasteiger partial charge in [0.15, 0.2) is 5.66 Å². The third kappa shape index (κ3) is 4.15. The number of aromatic nitrogens is 1. The molecule has 1 aliphatic rings. The molecular weight excluding hydrogens is 393 g/mol. The van der Waals surface area contributed by atoms with Gasteiger partial charge < -0.3 is 10.4 Å². The highest BCUT2D eigenvalue weighted by Gasteiger charge is 2.58. The molecule has 1 amide bonds. The molecule has 1 aliphatic heterocycles. The van der Waals surface area contributed by atoms with Crippen LogP contribution < -0.4 is 5.32 Å². The molecule has 0 aliphatic carbocycles. The minimum absolute atomic E-state index is 0.0736. The first-order chi connectivity index (χ1) is 13.2. The first-order valence-electron chi connectivity index (χ1n) is 8.48. The van der Waals surface area contributed by atoms with Gasteiger partial charge in [-0.25, -0.2) is 4.98 Å². The van der Waals surface area contributed by atoms with Crippen LogP contribution in [0.5, 0.6) is 0 Å². The standard InChI is InChI=1S/C18H17F3N4O2S/c1-2-3-8-16(24-25-16)9-10-22-14(26)11-17(27,18(19,20)21)15-23-12-6-4-5-7-13(12)28-15/h1,4-7,27H,3,8-11H2,(H,22,26). The Kier molecular flexibility index (Phi) is 5.41. The number of benzene rings is 1. The van der Waals surface area contributed by atoms with Crippen molar-refractivity contribution in [3.63, 3.8) is 0 Å². The van der Waals surface area contributed by atoms with Crippen LogP contribution in [-0.2, 0) is 10.4 Å². The number of rotatable bonds is 8. The minimum atomic E-state index is -5.06. The lowest BCUT2D eigenvalue weighted by atomic mass is 9.99. The van der Waals surface area contributed by atoms with Crippen LogP contribution in [-0.4, -0.2) is 34.4 Å². The largest absolute Gasteiger partial charge is 0.424 e. The fraction of sp³-hybridized carbons (Fsp3) is 0.444. The molecule has 0 radical (unpaired) electrons. The number of para-hydroxylation sites is 1. The van der Waals surface area contributed by atoms with E-state index in [0.717, 1.165) is 0 Å². The summed E-state index contributed by atoms with van der Waals surface area (Å²) in [6, 6.07) is 6.44. The highest BCUT2D eigenvalue weighted by atomic mass is 32.1. The summed E-state index contributed by atoms with van der Waals surface area (Å²) in [7, 11) is 0. The number of carbonyl (C=O) groups excluding carboxylic acids is 1. The fourth-order valence-electron chi connectivity index (χ4n) is 2.71. The zero-order valence-electron chi connectivity index (χ0n) is 14.7. The molecule has 0 spiro atoms. The summed E-state index contributed by atoms with van der Waals surface area (Å²) < 4.78 is 41.4. The van der Waals surface area contributed by atoms with Crippen LogP contribution in [0.25, 0.3) is 10.2 Å². The van der Waals surface area contributed by atoms with E-state index in [2.05, 4.69) is 26.4 Å². The van der Waals surface area contributed by atoms with Crippen LogP contribution >= 0.6 is 11.3 Å². The first-order valence-corrected chi connectivity index (χ1v) is 9.30. The molecule has 10 heteroatoms. The molecule has 3 rings (SSSR count). The Labute approximate surface area is 162 Å². The summed E-state index contributed by atoms with van der Waals surface area (Å²) >= 11 is 0.710. The Bertz CT molecular complexity index is 911. The summed E-state index contributed by atoms with van der Waals surface area (Å²) in [6.07, 6.45) is 0.280. The molecule has 0 saturated heterocycles. The molecule has 6 nitrogen and oxygen atoms in total. The van der Waals surface area contributed by atoms with Crippen molar-refractivity contribution in [1.82, 2.24) is 10.3 Å². The molecule has 0 bridgehead atoms. The van der Waals surface area contributed by atoms with Gasteiger partial charge in [0.25, 0.3) is 0 Å². The highest BCUT2D eigenvalue weighted by Crippen LogP contribution is 2.44. The zero-order chi connectivity index (χ0) is 20.4. The second-order valence-electron chi connectivity index (χ2n) is 6.51. The second-order valence-corrected chi connectivity index (χ2v) is 7.54. The van der Waals surface area contributed by atoms with E-state index in [-0.39, 0.29) is 6.54 Å². The number of hydrogen-bond acceptors (Lipinski definition) is 6. The van der Waals surface area contributed by atoms with Gasteiger partial charge in [-0.15, -0.1) is 23.7 Å². The SMILES string of the molecule is C#CCCC1(CCNC(=O)CC(O)(c2nc3ccccc3s2)C(F)(F)F)N=N1. The third-order valence-corrected chi connectivity index (χ3v) is 5.62. The molecule has 1 aromatic carbocycles. The Morgan fingerprint density at radius 2 is 2.00 bits per heavy atom. The normalized spacial score (nSPS) is 17.1. The number of aliphatic hydroxyl groups is 1. The van der Waals surface area contributed by atoms with Crippen molar-refractivity contribution >= 4 is 27.5 Å². The van der Waals surface area contributed by atoms with Crippen molar-refractivity contribution in [2.24, 2.45) is 10.2 Å². The van der Waals surface area contributed by atoms with Crippen LogP contribution in [0.4, 0.5) is 13.2 Å². The maximum atomic E-state index is 13.6. The van der Waals surface area contributed by atoms with Gasteiger partial charge in [0.05, 0.1) is 16.6 Å². The number of thiazole rings is 1. The van der Waals surface area contributed by atoms with Crippen LogP contribution in [0.2, 0.25) is 0 Å². The van der Waals surface area contributed by atoms with Crippen molar-refractivity contribution in [2.75, 3.05) is 6.54 Å². The van der Waals surface area contributed by atoms with Crippen LogP contribution in [0.1, 0.15) is 30.7 Å². The van der Waals surface area contributed by atoms with Gasteiger partial charge in [0.2, 0.25) is 11.5 Å². The maximum Gasteiger partial charge on any atom is 0.424 e. The molecule has 28 heavy (non-hydrogen) atoms. The first kappa shape index (κ1) is 20.2. The molecule has 1 atom stereocenters. The Morgan fingerprint density at radius 3 is 2.61 bits per heavy atom. The van der Waals surface area contributed by atoms with E-state index < -0.39 is 34.8 Å². The highest BCUT2D eigenvalue weighted by molar-refractivity contribution is 7.18. The number of fused-ring (bicyclic) bond motifs is 1. The van der Waals surface area contributed by atoms with E-state index in [1.165, 1.54) is 0 Å². The number of nitrogens with one attached hydrogen (secondary N) is 1. The molecule has 2 aromatic rings. The Morgan fingerprint density at radius 1 is 1.29 bits per heavy atom. The van der Waals surface area contributed by atoms with E-state index in [1.54, 1.807) is 24.3 Å². The number of halogens is 3. The van der Waals surface area contributed by atoms with Crippen LogP contribution in [0.15, 0.2) is 34.5 Å². The van der Waals surface area contributed by atoms with Crippen LogP contribution in [0, 0.1) is 12.3 Å². The van der Waals surface area contributed by atoms with Crippen molar-refractivity contribution in [1.29, 1.82) is 0 Å². The van der Waals surface area contributed by atoms with Crippen LogP contribution in [0.3, 0.4) is 0 Å². The van der Waals surface area contributed by atoms with Gasteiger partial charge in [0.1, 0.15) is 5.01 Å². The van der Waals surface area contributed by atoms with Gasteiger partial charge in [-0.2, -0.15) is 23.4 Å². The Balaban J connectivity index is 1.67. The molecular formula is C18H17F3N4O2S. The van der Waals surface area contributed by atoms with Crippen molar-refractivity contribution < 1.29 is 23.1 Å². The molecule has 1 aromatic heterocycles. The number of carbonyl (C=O) groups is 1. The lowest BCUT2D eigenvalue weighted by Crippen LogP contribution is -2.46. The average Bonchev–Trinajstić information content (AvgIpc) is 3.25. The summed E-state index contributed by atoms with van der Waals surface area (Å²) in [5.41, 5.74) is -3.68. The number of hydrogen-bond donors (Lipinski definition) is 2. The summed E-state index contributed by atoms with van der Waals surface area (Å²) in [6.45, 7) is 0.0736. The van der Waals surface area contributed by atoms with E-state index in [1.807, 2.05) is 0 Å². The van der Waals surface area contributed by atoms with Gasteiger partial charge in [0, 0.05) is 25.8 Å². The molecule has 148 valence electrons. The van der Waals surface area contributed by atoms with E-state index >= 15 is 0 Å². The molecule has 1 unspecified atom stereocenters. The maximum absolute atomic E-state index is 13.6. The summed E-state index contributed by atoms with van der Waals surface area (Å²) in [5, 5.41) is 20.0. The van der Waals surface area contributed by atoms with E-state index in [4.69, 9.17) is 6.42 Å². The predicted octanol–water partition coefficient (Wildman–Crippen LogP) is 3.52. The smallest absolute Gasteiger partial charge is 0.374 e. The third-order valence-electron chi connectivity index (χ3n) is 4.43. The fourth-order valence-corrected chi connectivity index (χ4v) is 3.79. The lowest BCUT2D eigenvalue weighted by Gasteiger charge is -2.27.